The van der Waals surface area contributed by atoms with Crippen molar-refractivity contribution in [3.8, 4) is 0 Å². The zero-order valence-electron chi connectivity index (χ0n) is 7.72. The summed E-state index contributed by atoms with van der Waals surface area (Å²) in [7, 11) is 1.78. The maximum absolute atomic E-state index is 3.92. The molecule has 0 saturated heterocycles. The van der Waals surface area contributed by atoms with Crippen LogP contribution in [0.5, 0.6) is 0 Å². The molecule has 0 spiro atoms. The maximum atomic E-state index is 3.92. The third kappa shape index (κ3) is 5.59. The first-order valence-corrected chi connectivity index (χ1v) is 3.96. The second-order valence-corrected chi connectivity index (χ2v) is 2.64. The van der Waals surface area contributed by atoms with Crippen LogP contribution < -0.4 is 0 Å². The van der Waals surface area contributed by atoms with Crippen LogP contribution in [-0.2, 0) is 0 Å². The van der Waals surface area contributed by atoms with Gasteiger partial charge in [0.1, 0.15) is 0 Å². The molecule has 11 heavy (non-hydrogen) atoms. The van der Waals surface area contributed by atoms with Crippen LogP contribution in [0, 0.1) is 0 Å². The smallest absolute Gasteiger partial charge is 0.0277 e. The molecule has 0 aromatic carbocycles. The van der Waals surface area contributed by atoms with Gasteiger partial charge in [0.2, 0.25) is 0 Å². The molecular formula is C10H17N. The predicted molar refractivity (Wildman–Crippen MR) is 52.2 cm³/mol. The Morgan fingerprint density at radius 3 is 2.64 bits per heavy atom. The van der Waals surface area contributed by atoms with Crippen molar-refractivity contribution < 1.29 is 0 Å². The highest BCUT2D eigenvalue weighted by Crippen LogP contribution is 2.05. The summed E-state index contributed by atoms with van der Waals surface area (Å²) in [6.07, 6.45) is 6.06. The van der Waals surface area contributed by atoms with Gasteiger partial charge < -0.3 is 0 Å². The first kappa shape index (κ1) is 10.2. The molecule has 0 N–H and O–H groups in total. The van der Waals surface area contributed by atoms with Gasteiger partial charge in [0.05, 0.1) is 0 Å². The summed E-state index contributed by atoms with van der Waals surface area (Å²) in [6.45, 7) is 8.09. The third-order valence-electron chi connectivity index (χ3n) is 1.55. The standard InChI is InChI=1S/C10H17N/c1-5-9(2)6-7-10(3)8-11-4/h7-8H,2,5-6H2,1,3-4H3/b10-7-,11-8?. The molecule has 0 fully saturated rings. The number of nitrogens with zero attached hydrogens (tertiary/aromatic N) is 1. The van der Waals surface area contributed by atoms with Gasteiger partial charge in [0.25, 0.3) is 0 Å². The van der Waals surface area contributed by atoms with Crippen molar-refractivity contribution in [3.63, 3.8) is 0 Å². The highest BCUT2D eigenvalue weighted by atomic mass is 14.6. The van der Waals surface area contributed by atoms with E-state index >= 15 is 0 Å². The number of allylic oxidation sites excluding steroid dienone is 3. The van der Waals surface area contributed by atoms with Gasteiger partial charge in [-0.15, -0.1) is 0 Å². The van der Waals surface area contributed by atoms with Gasteiger partial charge in [-0.2, -0.15) is 0 Å². The molecule has 1 heteroatoms. The molecule has 0 radical (unpaired) electrons. The summed E-state index contributed by atoms with van der Waals surface area (Å²) in [4.78, 5) is 3.92. The van der Waals surface area contributed by atoms with Crippen LogP contribution in [-0.4, -0.2) is 13.3 Å². The van der Waals surface area contributed by atoms with Crippen LogP contribution in [0.1, 0.15) is 26.7 Å². The van der Waals surface area contributed by atoms with Gasteiger partial charge in [-0.3, -0.25) is 4.99 Å². The summed E-state index contributed by atoms with van der Waals surface area (Å²) in [6, 6.07) is 0. The van der Waals surface area contributed by atoms with E-state index < -0.39 is 0 Å². The van der Waals surface area contributed by atoms with Crippen molar-refractivity contribution in [2.45, 2.75) is 26.7 Å². The summed E-state index contributed by atoms with van der Waals surface area (Å²) in [5.74, 6) is 0. The lowest BCUT2D eigenvalue weighted by Crippen LogP contribution is -1.80. The Balaban J connectivity index is 3.82. The predicted octanol–water partition coefficient (Wildman–Crippen LogP) is 2.99. The van der Waals surface area contributed by atoms with E-state index in [0.717, 1.165) is 12.8 Å². The average molecular weight is 151 g/mol. The Bertz CT molecular complexity index is 175. The molecule has 0 amide bonds. The molecule has 0 aliphatic rings. The molecule has 0 aromatic rings. The van der Waals surface area contributed by atoms with Crippen LogP contribution in [0.3, 0.4) is 0 Å². The highest BCUT2D eigenvalue weighted by molar-refractivity contribution is 5.77. The lowest BCUT2D eigenvalue weighted by Gasteiger charge is -1.95. The number of rotatable bonds is 4. The van der Waals surface area contributed by atoms with Gasteiger partial charge in [0.15, 0.2) is 0 Å². The van der Waals surface area contributed by atoms with E-state index in [9.17, 15) is 0 Å². The van der Waals surface area contributed by atoms with E-state index in [4.69, 9.17) is 0 Å². The third-order valence-corrected chi connectivity index (χ3v) is 1.55. The Kier molecular flexibility index (Phi) is 5.44. The van der Waals surface area contributed by atoms with Crippen LogP contribution in [0.2, 0.25) is 0 Å². The Hall–Kier alpha value is -0.850. The zero-order valence-corrected chi connectivity index (χ0v) is 7.72. The molecule has 0 aromatic heterocycles. The summed E-state index contributed by atoms with van der Waals surface area (Å²) in [5, 5.41) is 0. The molecule has 0 atom stereocenters. The molecule has 62 valence electrons. The Morgan fingerprint density at radius 1 is 1.55 bits per heavy atom. The second-order valence-electron chi connectivity index (χ2n) is 2.64. The minimum atomic E-state index is 0.981. The number of aliphatic imine (C=N–C) groups is 1. The van der Waals surface area contributed by atoms with Gasteiger partial charge in [-0.1, -0.05) is 25.2 Å². The molecule has 0 saturated carbocycles. The van der Waals surface area contributed by atoms with Gasteiger partial charge in [-0.05, 0) is 25.3 Å². The monoisotopic (exact) mass is 151 g/mol. The topological polar surface area (TPSA) is 12.4 Å². The normalized spacial score (nSPS) is 12.5. The highest BCUT2D eigenvalue weighted by Gasteiger charge is 1.86. The SMILES string of the molecule is C=C(CC)C/C=C(/C)C=NC. The van der Waals surface area contributed by atoms with Crippen LogP contribution >= 0.6 is 0 Å². The van der Waals surface area contributed by atoms with Gasteiger partial charge >= 0.3 is 0 Å². The van der Waals surface area contributed by atoms with E-state index in [-0.39, 0.29) is 0 Å². The first-order chi connectivity index (χ1) is 5.20. The molecule has 0 heterocycles. The largest absolute Gasteiger partial charge is 0.296 e. The van der Waals surface area contributed by atoms with Crippen molar-refractivity contribution >= 4 is 6.21 Å². The molecule has 0 aliphatic heterocycles. The molecule has 1 nitrogen and oxygen atoms in total. The van der Waals surface area contributed by atoms with E-state index in [1.165, 1.54) is 11.1 Å². The van der Waals surface area contributed by atoms with E-state index in [2.05, 4.69) is 31.5 Å². The fraction of sp³-hybridized carbons (Fsp3) is 0.500. The van der Waals surface area contributed by atoms with Crippen molar-refractivity contribution in [1.82, 2.24) is 0 Å². The van der Waals surface area contributed by atoms with E-state index in [1.807, 2.05) is 6.21 Å². The summed E-state index contributed by atoms with van der Waals surface area (Å²) >= 11 is 0. The van der Waals surface area contributed by atoms with Gasteiger partial charge in [0, 0.05) is 13.3 Å². The fourth-order valence-electron chi connectivity index (χ4n) is 0.706. The van der Waals surface area contributed by atoms with Crippen molar-refractivity contribution in [3.05, 3.63) is 23.8 Å². The van der Waals surface area contributed by atoms with Crippen molar-refractivity contribution in [2.24, 2.45) is 4.99 Å². The summed E-state index contributed by atoms with van der Waals surface area (Å²) < 4.78 is 0. The van der Waals surface area contributed by atoms with Gasteiger partial charge in [-0.25, -0.2) is 0 Å². The van der Waals surface area contributed by atoms with Crippen LogP contribution in [0.15, 0.2) is 28.8 Å². The lowest BCUT2D eigenvalue weighted by molar-refractivity contribution is 1.04. The van der Waals surface area contributed by atoms with E-state index in [0.29, 0.717) is 0 Å². The summed E-state index contributed by atoms with van der Waals surface area (Å²) in [5.41, 5.74) is 2.48. The first-order valence-electron chi connectivity index (χ1n) is 3.96. The fourth-order valence-corrected chi connectivity index (χ4v) is 0.706. The van der Waals surface area contributed by atoms with Crippen molar-refractivity contribution in [1.29, 1.82) is 0 Å². The van der Waals surface area contributed by atoms with Crippen molar-refractivity contribution in [2.75, 3.05) is 7.05 Å². The Labute approximate surface area is 69.5 Å². The molecule has 0 aliphatic carbocycles. The molecule has 0 bridgehead atoms. The minimum absolute atomic E-state index is 0.981. The second kappa shape index (κ2) is 5.90. The minimum Gasteiger partial charge on any atom is -0.296 e. The lowest BCUT2D eigenvalue weighted by atomic mass is 10.1. The zero-order chi connectivity index (χ0) is 8.69. The molecular weight excluding hydrogens is 134 g/mol. The number of hydrogen-bond donors (Lipinski definition) is 0. The van der Waals surface area contributed by atoms with Crippen LogP contribution in [0.25, 0.3) is 0 Å². The van der Waals surface area contributed by atoms with Crippen LogP contribution in [0.4, 0.5) is 0 Å². The molecule has 0 unspecified atom stereocenters. The molecule has 0 rings (SSSR count). The quantitative estimate of drug-likeness (QED) is 0.432. The Morgan fingerprint density at radius 2 is 2.18 bits per heavy atom. The average Bonchev–Trinajstić information content (AvgIpc) is 2.01. The maximum Gasteiger partial charge on any atom is 0.0277 e. The van der Waals surface area contributed by atoms with E-state index in [1.54, 1.807) is 7.05 Å². The number of hydrogen-bond acceptors (Lipinski definition) is 1.